The molecule has 1 amide bonds. The van der Waals surface area contributed by atoms with Gasteiger partial charge in [-0.2, -0.15) is 0 Å². The van der Waals surface area contributed by atoms with E-state index in [1.807, 2.05) is 18.2 Å². The summed E-state index contributed by atoms with van der Waals surface area (Å²) in [5.74, 6) is 0.827. The number of aromatic nitrogens is 2. The van der Waals surface area contributed by atoms with Crippen molar-refractivity contribution in [2.24, 2.45) is 0 Å². The molecule has 8 heteroatoms. The van der Waals surface area contributed by atoms with E-state index in [1.165, 1.54) is 0 Å². The lowest BCUT2D eigenvalue weighted by atomic mass is 10.1. The van der Waals surface area contributed by atoms with Crippen LogP contribution in [0.25, 0.3) is 0 Å². The molecule has 2 heterocycles. The molecule has 0 saturated carbocycles. The Balaban J connectivity index is 1.55. The molecular formula is C18H22BrN3O3Si. The molecule has 2 aromatic rings. The predicted molar refractivity (Wildman–Crippen MR) is 106 cm³/mol. The van der Waals surface area contributed by atoms with Crippen LogP contribution in [0.15, 0.2) is 34.8 Å². The molecule has 1 aliphatic heterocycles. The van der Waals surface area contributed by atoms with Crippen molar-refractivity contribution in [2.45, 2.75) is 32.2 Å². The molecule has 6 nitrogen and oxygen atoms in total. The summed E-state index contributed by atoms with van der Waals surface area (Å²) < 4.78 is 11.9. The molecule has 0 saturated heterocycles. The van der Waals surface area contributed by atoms with E-state index in [0.29, 0.717) is 30.4 Å². The van der Waals surface area contributed by atoms with Crippen LogP contribution in [0.5, 0.6) is 5.88 Å². The lowest BCUT2D eigenvalue weighted by Crippen LogP contribution is -2.24. The molecular weight excluding hydrogens is 414 g/mol. The molecule has 1 aromatic heterocycles. The van der Waals surface area contributed by atoms with Crippen LogP contribution in [0.1, 0.15) is 15.9 Å². The molecule has 0 spiro atoms. The lowest BCUT2D eigenvalue weighted by molar-refractivity contribution is 0.0187. The SMILES string of the molecule is C[Si](C)(C)CCOCOc1ccc(N2Cc3cc(Br)ccc3C2=O)nn1. The normalized spacial score (nSPS) is 13.8. The number of amides is 1. The van der Waals surface area contributed by atoms with Crippen molar-refractivity contribution in [1.29, 1.82) is 0 Å². The number of carbonyl (C=O) groups excluding carboxylic acids is 1. The number of nitrogens with zero attached hydrogens (tertiary/aromatic N) is 3. The molecule has 0 radical (unpaired) electrons. The van der Waals surface area contributed by atoms with Gasteiger partial charge in [0.05, 0.1) is 6.54 Å². The number of ether oxygens (including phenoxy) is 2. The average Bonchev–Trinajstić information content (AvgIpc) is 2.90. The van der Waals surface area contributed by atoms with Crippen molar-refractivity contribution in [3.63, 3.8) is 0 Å². The third kappa shape index (κ3) is 4.69. The quantitative estimate of drug-likeness (QED) is 0.372. The Hall–Kier alpha value is -1.77. The van der Waals surface area contributed by atoms with E-state index in [1.54, 1.807) is 17.0 Å². The first-order valence-electron chi connectivity index (χ1n) is 8.48. The van der Waals surface area contributed by atoms with Gasteiger partial charge < -0.3 is 9.47 Å². The fraction of sp³-hybridized carbons (Fsp3) is 0.389. The molecule has 0 aliphatic carbocycles. The number of halogens is 1. The van der Waals surface area contributed by atoms with Gasteiger partial charge in [-0.1, -0.05) is 35.6 Å². The Morgan fingerprint density at radius 3 is 2.69 bits per heavy atom. The van der Waals surface area contributed by atoms with Crippen LogP contribution in [-0.2, 0) is 11.3 Å². The summed E-state index contributed by atoms with van der Waals surface area (Å²) in [6, 6.07) is 10.2. The van der Waals surface area contributed by atoms with Gasteiger partial charge in [-0.05, 0) is 35.9 Å². The molecule has 0 bridgehead atoms. The highest BCUT2D eigenvalue weighted by atomic mass is 79.9. The largest absolute Gasteiger partial charge is 0.449 e. The number of hydrogen-bond donors (Lipinski definition) is 0. The van der Waals surface area contributed by atoms with Crippen molar-refractivity contribution in [1.82, 2.24) is 10.2 Å². The smallest absolute Gasteiger partial charge is 0.260 e. The van der Waals surface area contributed by atoms with E-state index in [9.17, 15) is 4.79 Å². The predicted octanol–water partition coefficient (Wildman–Crippen LogP) is 4.09. The summed E-state index contributed by atoms with van der Waals surface area (Å²) in [5, 5.41) is 8.16. The molecule has 0 atom stereocenters. The zero-order valence-electron chi connectivity index (χ0n) is 15.2. The minimum atomic E-state index is -1.10. The number of carbonyl (C=O) groups is 1. The second-order valence-electron chi connectivity index (χ2n) is 7.40. The zero-order chi connectivity index (χ0) is 18.7. The Kier molecular flexibility index (Phi) is 5.74. The Bertz CT molecular complexity index is 793. The van der Waals surface area contributed by atoms with Gasteiger partial charge in [0, 0.05) is 30.8 Å². The van der Waals surface area contributed by atoms with Crippen molar-refractivity contribution >= 4 is 35.7 Å². The van der Waals surface area contributed by atoms with E-state index in [4.69, 9.17) is 9.47 Å². The summed E-state index contributed by atoms with van der Waals surface area (Å²) in [4.78, 5) is 14.1. The van der Waals surface area contributed by atoms with Crippen LogP contribution in [0.3, 0.4) is 0 Å². The van der Waals surface area contributed by atoms with Gasteiger partial charge in [-0.25, -0.2) is 0 Å². The molecule has 1 aliphatic rings. The van der Waals surface area contributed by atoms with Crippen molar-refractivity contribution < 1.29 is 14.3 Å². The topological polar surface area (TPSA) is 64.6 Å². The molecule has 3 rings (SSSR count). The van der Waals surface area contributed by atoms with E-state index in [-0.39, 0.29) is 12.7 Å². The number of rotatable bonds is 7. The maximum absolute atomic E-state index is 12.5. The second kappa shape index (κ2) is 7.85. The van der Waals surface area contributed by atoms with Crippen LogP contribution in [0.2, 0.25) is 25.7 Å². The van der Waals surface area contributed by atoms with E-state index in [2.05, 4.69) is 45.8 Å². The van der Waals surface area contributed by atoms with E-state index >= 15 is 0 Å². The maximum Gasteiger partial charge on any atom is 0.260 e. The summed E-state index contributed by atoms with van der Waals surface area (Å²) in [5.41, 5.74) is 1.67. The zero-order valence-corrected chi connectivity index (χ0v) is 17.7. The van der Waals surface area contributed by atoms with Crippen molar-refractivity contribution in [2.75, 3.05) is 18.3 Å². The first-order valence-corrected chi connectivity index (χ1v) is 13.0. The molecule has 1 aromatic carbocycles. The van der Waals surface area contributed by atoms with Gasteiger partial charge in [0.2, 0.25) is 5.88 Å². The van der Waals surface area contributed by atoms with Crippen LogP contribution < -0.4 is 9.64 Å². The van der Waals surface area contributed by atoms with Gasteiger partial charge in [-0.3, -0.25) is 9.69 Å². The molecule has 0 unspecified atom stereocenters. The monoisotopic (exact) mass is 435 g/mol. The Labute approximate surface area is 162 Å². The fourth-order valence-corrected chi connectivity index (χ4v) is 3.71. The molecule has 0 fully saturated rings. The Morgan fingerprint density at radius 2 is 2.00 bits per heavy atom. The summed E-state index contributed by atoms with van der Waals surface area (Å²) in [6.07, 6.45) is 0. The van der Waals surface area contributed by atoms with E-state index < -0.39 is 8.07 Å². The van der Waals surface area contributed by atoms with Gasteiger partial charge in [0.1, 0.15) is 0 Å². The minimum Gasteiger partial charge on any atom is -0.449 e. The number of anilines is 1. The first-order chi connectivity index (χ1) is 12.3. The molecule has 138 valence electrons. The van der Waals surface area contributed by atoms with Crippen LogP contribution in [0.4, 0.5) is 5.82 Å². The van der Waals surface area contributed by atoms with Gasteiger partial charge in [-0.15, -0.1) is 10.2 Å². The summed E-state index contributed by atoms with van der Waals surface area (Å²) in [6.45, 7) is 8.24. The number of benzene rings is 1. The third-order valence-corrected chi connectivity index (χ3v) is 6.26. The van der Waals surface area contributed by atoms with Gasteiger partial charge >= 0.3 is 0 Å². The highest BCUT2D eigenvalue weighted by molar-refractivity contribution is 9.10. The second-order valence-corrected chi connectivity index (χ2v) is 13.9. The highest BCUT2D eigenvalue weighted by Crippen LogP contribution is 2.29. The summed E-state index contributed by atoms with van der Waals surface area (Å²) >= 11 is 3.43. The van der Waals surface area contributed by atoms with Crippen LogP contribution >= 0.6 is 15.9 Å². The van der Waals surface area contributed by atoms with Gasteiger partial charge in [0.15, 0.2) is 12.6 Å². The molecule has 0 N–H and O–H groups in total. The Morgan fingerprint density at radius 1 is 1.19 bits per heavy atom. The van der Waals surface area contributed by atoms with Crippen molar-refractivity contribution in [3.05, 3.63) is 45.9 Å². The number of fused-ring (bicyclic) bond motifs is 1. The highest BCUT2D eigenvalue weighted by Gasteiger charge is 2.29. The average molecular weight is 436 g/mol. The van der Waals surface area contributed by atoms with Gasteiger partial charge in [0.25, 0.3) is 5.91 Å². The fourth-order valence-electron chi connectivity index (χ4n) is 2.55. The standard InChI is InChI=1S/C18H22BrN3O3Si/c1-26(2,3)9-8-24-12-25-17-7-6-16(20-21-17)22-11-13-10-14(19)4-5-15(13)18(22)23/h4-7,10H,8-9,11-12H2,1-3H3. The lowest BCUT2D eigenvalue weighted by Gasteiger charge is -2.15. The van der Waals surface area contributed by atoms with Crippen LogP contribution in [0, 0.1) is 0 Å². The number of hydrogen-bond acceptors (Lipinski definition) is 5. The van der Waals surface area contributed by atoms with Crippen molar-refractivity contribution in [3.8, 4) is 5.88 Å². The van der Waals surface area contributed by atoms with Crippen LogP contribution in [-0.4, -0.2) is 37.6 Å². The molecule has 26 heavy (non-hydrogen) atoms. The maximum atomic E-state index is 12.5. The van der Waals surface area contributed by atoms with E-state index in [0.717, 1.165) is 16.1 Å². The third-order valence-electron chi connectivity index (χ3n) is 4.06. The summed E-state index contributed by atoms with van der Waals surface area (Å²) in [7, 11) is -1.10. The first kappa shape index (κ1) is 19.0. The minimum absolute atomic E-state index is 0.0647.